The number of nitrogens with one attached hydrogen (secondary N) is 3. The van der Waals surface area contributed by atoms with Crippen LogP contribution in [0.4, 0.5) is 17.1 Å². The molecule has 0 spiro atoms. The van der Waals surface area contributed by atoms with E-state index in [9.17, 15) is 25.3 Å². The molecule has 0 unspecified atom stereocenters. The first-order valence-electron chi connectivity index (χ1n) is 19.6. The minimum Gasteiger partial charge on any atom is -0.497 e. The molecule has 6 aromatic rings. The van der Waals surface area contributed by atoms with Gasteiger partial charge >= 0.3 is 0 Å². The zero-order valence-electron chi connectivity index (χ0n) is 34.8. The van der Waals surface area contributed by atoms with E-state index in [0.29, 0.717) is 45.4 Å². The number of sulfonamides is 3. The van der Waals surface area contributed by atoms with Gasteiger partial charge in [0, 0.05) is 69.7 Å². The summed E-state index contributed by atoms with van der Waals surface area (Å²) >= 11 is 6.23. The fourth-order valence-corrected chi connectivity index (χ4v) is 10.2. The van der Waals surface area contributed by atoms with Gasteiger partial charge in [-0.05, 0) is 97.8 Å². The minimum atomic E-state index is -4.06. The average Bonchev–Trinajstić information content (AvgIpc) is 3.73. The molecule has 4 aromatic carbocycles. The van der Waals surface area contributed by atoms with Gasteiger partial charge in [0.15, 0.2) is 11.7 Å². The summed E-state index contributed by atoms with van der Waals surface area (Å²) in [6.45, 7) is 12.1. The smallest absolute Gasteiger partial charge is 0.286 e. The lowest BCUT2D eigenvalue weighted by Crippen LogP contribution is -2.22. The second kappa shape index (κ2) is 18.8. The number of aryl methyl sites for hydroxylation is 3. The fourth-order valence-electron chi connectivity index (χ4n) is 7.15. The van der Waals surface area contributed by atoms with Gasteiger partial charge in [-0.2, -0.15) is 16.8 Å². The van der Waals surface area contributed by atoms with Gasteiger partial charge in [0.2, 0.25) is 10.0 Å². The van der Waals surface area contributed by atoms with E-state index in [1.165, 1.54) is 18.2 Å². The zero-order chi connectivity index (χ0) is 44.0. The third-order valence-electron chi connectivity index (χ3n) is 10.2. The Kier molecular flexibility index (Phi) is 14.5. The number of aromatic nitrogens is 2. The van der Waals surface area contributed by atoms with Crippen LogP contribution in [0, 0.1) is 18.8 Å². The first-order valence-corrected chi connectivity index (χ1v) is 24.8. The number of fused-ring (bicyclic) bond motifs is 4. The maximum Gasteiger partial charge on any atom is 0.286 e. The Bertz CT molecular complexity index is 3100. The van der Waals surface area contributed by atoms with Crippen molar-refractivity contribution in [2.45, 2.75) is 85.2 Å². The highest BCUT2D eigenvalue weighted by Crippen LogP contribution is 2.35. The lowest BCUT2D eigenvalue weighted by molar-refractivity contribution is 0.415. The second-order valence-electron chi connectivity index (χ2n) is 16.0. The largest absolute Gasteiger partial charge is 0.497 e. The predicted molar refractivity (Wildman–Crippen MR) is 259 cm³/mol. The molecule has 0 amide bonds. The first-order chi connectivity index (χ1) is 28.7. The molecule has 18 heteroatoms. The number of amidine groups is 2. The summed E-state index contributed by atoms with van der Waals surface area (Å²) < 4.78 is 94.6. The van der Waals surface area contributed by atoms with E-state index in [1.807, 2.05) is 61.8 Å². The van der Waals surface area contributed by atoms with E-state index in [1.54, 1.807) is 19.2 Å². The average molecular weight is 939 g/mol. The molecular formula is C45H56ClN7O7S3. The Morgan fingerprint density at radius 1 is 0.714 bits per heavy atom. The maximum atomic E-state index is 13.0. The van der Waals surface area contributed by atoms with E-state index in [4.69, 9.17) is 16.3 Å². The van der Waals surface area contributed by atoms with Crippen molar-refractivity contribution in [1.29, 1.82) is 0 Å². The van der Waals surface area contributed by atoms with E-state index in [0.717, 1.165) is 65.1 Å². The molecule has 0 radical (unpaired) electrons. The maximum absolute atomic E-state index is 13.0. The first kappa shape index (κ1) is 48.7. The van der Waals surface area contributed by atoms with Crippen LogP contribution < -0.4 is 20.1 Å². The molecule has 3 N–H and O–H groups in total. The van der Waals surface area contributed by atoms with Gasteiger partial charge < -0.3 is 24.5 Å². The van der Waals surface area contributed by atoms with Gasteiger partial charge in [-0.25, -0.2) is 8.42 Å². The number of anilines is 3. The molecule has 0 aliphatic carbocycles. The number of rotatable bonds is 11. The number of halogens is 1. The number of benzene rings is 4. The lowest BCUT2D eigenvalue weighted by Gasteiger charge is -2.19. The summed E-state index contributed by atoms with van der Waals surface area (Å²) in [6.07, 6.45) is 6.84. The zero-order valence-corrected chi connectivity index (χ0v) is 38.0. The number of hydrogen-bond acceptors (Lipinski definition) is 9. The van der Waals surface area contributed by atoms with Gasteiger partial charge in [0.25, 0.3) is 20.0 Å². The van der Waals surface area contributed by atoms with Gasteiger partial charge in [-0.3, -0.25) is 4.72 Å². The standard InChI is InChI=1S/C22H26N4O5S2.C21H22ClN3O2S.2CH4/c1-14(2)9-10-26-13-18(17-7-6-16(31-3)12-20(17)26)22-23-19-8-5-15(24-32(4,27)28)11-21(19)33(29,30)25-22;1-13(2)8-9-25-12-17(16-11-15(22)5-7-19(16)25)21-23-18-6-4-14(3)10-20(18)28(26,27)24-21;;/h5-8,11-14,24H,9-10H2,1-4H3,(H,23,25);4-7,10-13H,8-9H2,1-3H3,(H,23,24);2*1H4. The molecule has 4 heterocycles. The van der Waals surface area contributed by atoms with Gasteiger partial charge in [0.05, 0.1) is 30.3 Å². The monoisotopic (exact) mass is 937 g/mol. The quantitative estimate of drug-likeness (QED) is 0.114. The minimum absolute atomic E-state index is 0. The summed E-state index contributed by atoms with van der Waals surface area (Å²) in [5, 5.41) is 8.64. The normalized spacial score (nSPS) is 14.8. The second-order valence-corrected chi connectivity index (χ2v) is 21.4. The van der Waals surface area contributed by atoms with Crippen LogP contribution in [0.25, 0.3) is 21.8 Å². The summed E-state index contributed by atoms with van der Waals surface area (Å²) in [7, 11) is -9.78. The Labute approximate surface area is 376 Å². The van der Waals surface area contributed by atoms with Gasteiger partial charge in [0.1, 0.15) is 15.5 Å². The summed E-state index contributed by atoms with van der Waals surface area (Å²) in [5.41, 5.74) is 5.22. The highest BCUT2D eigenvalue weighted by atomic mass is 35.5. The molecular weight excluding hydrogens is 882 g/mol. The molecule has 2 aliphatic rings. The van der Waals surface area contributed by atoms with E-state index in [-0.39, 0.29) is 36.2 Å². The Balaban J connectivity index is 0.000000233. The van der Waals surface area contributed by atoms with Crippen molar-refractivity contribution in [2.75, 3.05) is 28.7 Å². The third kappa shape index (κ3) is 10.7. The number of methoxy groups -OCH3 is 1. The van der Waals surface area contributed by atoms with Crippen molar-refractivity contribution < 1.29 is 30.0 Å². The number of nitrogens with zero attached hydrogens (tertiary/aromatic N) is 4. The fraction of sp³-hybridized carbons (Fsp3) is 0.333. The van der Waals surface area contributed by atoms with Crippen LogP contribution in [0.1, 0.15) is 72.1 Å². The molecule has 63 heavy (non-hydrogen) atoms. The molecule has 14 nitrogen and oxygen atoms in total. The highest BCUT2D eigenvalue weighted by Gasteiger charge is 2.29. The molecule has 2 aliphatic heterocycles. The van der Waals surface area contributed by atoms with Crippen molar-refractivity contribution in [3.8, 4) is 5.75 Å². The molecule has 0 saturated carbocycles. The number of ether oxygens (including phenoxy) is 1. The van der Waals surface area contributed by atoms with Gasteiger partial charge in [-0.1, -0.05) is 60.2 Å². The van der Waals surface area contributed by atoms with Crippen molar-refractivity contribution in [1.82, 2.24) is 9.13 Å². The van der Waals surface area contributed by atoms with Crippen LogP contribution in [0.2, 0.25) is 5.02 Å². The molecule has 338 valence electrons. The lowest BCUT2D eigenvalue weighted by atomic mass is 10.1. The van der Waals surface area contributed by atoms with Crippen LogP contribution in [-0.4, -0.2) is 59.4 Å². The molecule has 0 bridgehead atoms. The van der Waals surface area contributed by atoms with Crippen LogP contribution >= 0.6 is 11.6 Å². The van der Waals surface area contributed by atoms with Crippen LogP contribution in [0.5, 0.6) is 5.75 Å². The SMILES string of the molecule is C.C.COc1ccc2c(C3=NS(=O)(=O)c4cc(NS(C)(=O)=O)ccc4N3)cn(CCC(C)C)c2c1.Cc1ccc2c(c1)S(=O)(=O)N=C(c1cn(CCC(C)C)c3ccc(Cl)cc13)N2. The predicted octanol–water partition coefficient (Wildman–Crippen LogP) is 10.1. The number of hydrogen-bond donors (Lipinski definition) is 3. The third-order valence-corrected chi connectivity index (χ3v) is 13.7. The van der Waals surface area contributed by atoms with Crippen LogP contribution in [-0.2, 0) is 43.2 Å². The summed E-state index contributed by atoms with van der Waals surface area (Å²) in [4.78, 5) is 0.114. The van der Waals surface area contributed by atoms with Crippen molar-refractivity contribution in [3.05, 3.63) is 107 Å². The van der Waals surface area contributed by atoms with E-state index < -0.39 is 30.1 Å². The summed E-state index contributed by atoms with van der Waals surface area (Å²) in [5.74, 6) is 2.31. The topological polar surface area (TPSA) is 182 Å². The van der Waals surface area contributed by atoms with Crippen molar-refractivity contribution >= 4 is 92.2 Å². The van der Waals surface area contributed by atoms with Crippen LogP contribution in [0.15, 0.2) is 104 Å². The van der Waals surface area contributed by atoms with Gasteiger partial charge in [-0.15, -0.1) is 8.80 Å². The van der Waals surface area contributed by atoms with Crippen molar-refractivity contribution in [3.63, 3.8) is 0 Å². The Morgan fingerprint density at radius 3 is 1.81 bits per heavy atom. The Morgan fingerprint density at radius 2 is 1.25 bits per heavy atom. The summed E-state index contributed by atoms with van der Waals surface area (Å²) in [6, 6.07) is 20.9. The molecule has 0 saturated heterocycles. The molecule has 2 aromatic heterocycles. The van der Waals surface area contributed by atoms with Crippen molar-refractivity contribution in [2.24, 2.45) is 20.6 Å². The van der Waals surface area contributed by atoms with Crippen LogP contribution in [0.3, 0.4) is 0 Å². The molecule has 0 atom stereocenters. The van der Waals surface area contributed by atoms with E-state index >= 15 is 0 Å². The Hall–Kier alpha value is -5.36. The molecule has 0 fully saturated rings. The van der Waals surface area contributed by atoms with E-state index in [2.05, 4.69) is 61.0 Å². The highest BCUT2D eigenvalue weighted by molar-refractivity contribution is 7.92. The molecule has 8 rings (SSSR count).